The summed E-state index contributed by atoms with van der Waals surface area (Å²) in [5, 5.41) is 0. The van der Waals surface area contributed by atoms with Crippen molar-refractivity contribution in [2.45, 2.75) is 45.3 Å². The van der Waals surface area contributed by atoms with E-state index < -0.39 is 6.10 Å². The van der Waals surface area contributed by atoms with Crippen molar-refractivity contribution in [3.8, 4) is 5.75 Å². The zero-order chi connectivity index (χ0) is 22.9. The minimum atomic E-state index is -0.623. The third-order valence-corrected chi connectivity index (χ3v) is 5.34. The van der Waals surface area contributed by atoms with Crippen molar-refractivity contribution in [1.82, 2.24) is 9.55 Å². The van der Waals surface area contributed by atoms with E-state index in [4.69, 9.17) is 14.2 Å². The minimum Gasteiger partial charge on any atom is -0.492 e. The van der Waals surface area contributed by atoms with Gasteiger partial charge in [-0.05, 0) is 38.0 Å². The summed E-state index contributed by atoms with van der Waals surface area (Å²) in [5.74, 6) is 1.13. The van der Waals surface area contributed by atoms with Crippen molar-refractivity contribution in [3.05, 3.63) is 82.1 Å². The van der Waals surface area contributed by atoms with E-state index in [1.165, 1.54) is 7.11 Å². The number of allylic oxidation sites excluding steroid dienone is 4. The van der Waals surface area contributed by atoms with Gasteiger partial charge in [0.15, 0.2) is 6.10 Å². The SMILES string of the molecule is CCOC(Cc1ccc(OCCn2c(C)nc(C3C=CC=CC3)cc2=O)cc1)C(=O)OC. The molecule has 2 atom stereocenters. The zero-order valence-corrected chi connectivity index (χ0v) is 18.8. The van der Waals surface area contributed by atoms with Crippen LogP contribution in [0.5, 0.6) is 5.75 Å². The second kappa shape index (κ2) is 11.4. The highest BCUT2D eigenvalue weighted by molar-refractivity contribution is 5.75. The molecule has 0 N–H and O–H groups in total. The fourth-order valence-electron chi connectivity index (χ4n) is 3.64. The lowest BCUT2D eigenvalue weighted by Crippen LogP contribution is -2.28. The van der Waals surface area contributed by atoms with Crippen molar-refractivity contribution in [3.63, 3.8) is 0 Å². The van der Waals surface area contributed by atoms with Crippen LogP contribution in [0.4, 0.5) is 0 Å². The number of carbonyl (C=O) groups excluding carboxylic acids is 1. The predicted molar refractivity (Wildman–Crippen MR) is 122 cm³/mol. The molecule has 2 aromatic rings. The molecule has 32 heavy (non-hydrogen) atoms. The van der Waals surface area contributed by atoms with Crippen LogP contribution in [-0.2, 0) is 27.2 Å². The Hall–Kier alpha value is -3.19. The van der Waals surface area contributed by atoms with Gasteiger partial charge in [0.25, 0.3) is 5.56 Å². The second-order valence-corrected chi connectivity index (χ2v) is 7.54. The van der Waals surface area contributed by atoms with E-state index in [1.54, 1.807) is 10.6 Å². The zero-order valence-electron chi connectivity index (χ0n) is 18.8. The van der Waals surface area contributed by atoms with Crippen LogP contribution in [0.3, 0.4) is 0 Å². The van der Waals surface area contributed by atoms with Crippen LogP contribution in [-0.4, -0.2) is 41.9 Å². The van der Waals surface area contributed by atoms with Crippen molar-refractivity contribution in [2.24, 2.45) is 0 Å². The van der Waals surface area contributed by atoms with Gasteiger partial charge in [-0.15, -0.1) is 0 Å². The number of hydrogen-bond donors (Lipinski definition) is 0. The summed E-state index contributed by atoms with van der Waals surface area (Å²) in [5.41, 5.74) is 1.68. The monoisotopic (exact) mass is 438 g/mol. The van der Waals surface area contributed by atoms with Gasteiger partial charge in [-0.1, -0.05) is 36.4 Å². The first-order valence-corrected chi connectivity index (χ1v) is 10.8. The maximum Gasteiger partial charge on any atom is 0.335 e. The first-order valence-electron chi connectivity index (χ1n) is 10.8. The predicted octanol–water partition coefficient (Wildman–Crippen LogP) is 3.35. The van der Waals surface area contributed by atoms with Crippen molar-refractivity contribution in [1.29, 1.82) is 0 Å². The number of aryl methyl sites for hydroxylation is 1. The van der Waals surface area contributed by atoms with E-state index in [1.807, 2.05) is 50.3 Å². The molecular weight excluding hydrogens is 408 g/mol. The van der Waals surface area contributed by atoms with Gasteiger partial charge in [0.1, 0.15) is 18.2 Å². The average molecular weight is 439 g/mol. The van der Waals surface area contributed by atoms with E-state index in [2.05, 4.69) is 17.1 Å². The van der Waals surface area contributed by atoms with Crippen molar-refractivity contribution in [2.75, 3.05) is 20.3 Å². The smallest absolute Gasteiger partial charge is 0.335 e. The molecular formula is C25H30N2O5. The Morgan fingerprint density at radius 1 is 1.25 bits per heavy atom. The van der Waals surface area contributed by atoms with Gasteiger partial charge in [-0.25, -0.2) is 9.78 Å². The molecule has 3 rings (SSSR count). The van der Waals surface area contributed by atoms with Crippen molar-refractivity contribution < 1.29 is 19.0 Å². The Kier molecular flexibility index (Phi) is 8.39. The number of aromatic nitrogens is 2. The Labute approximate surface area is 188 Å². The first-order chi connectivity index (χ1) is 15.5. The Morgan fingerprint density at radius 3 is 2.66 bits per heavy atom. The molecule has 0 spiro atoms. The lowest BCUT2D eigenvalue weighted by Gasteiger charge is -2.16. The van der Waals surface area contributed by atoms with Gasteiger partial charge >= 0.3 is 5.97 Å². The van der Waals surface area contributed by atoms with Gasteiger partial charge in [0, 0.05) is 25.0 Å². The normalized spacial score (nSPS) is 16.0. The first kappa shape index (κ1) is 23.5. The number of nitrogens with zero attached hydrogens (tertiary/aromatic N) is 2. The summed E-state index contributed by atoms with van der Waals surface area (Å²) in [7, 11) is 1.35. The highest BCUT2D eigenvalue weighted by atomic mass is 16.6. The molecule has 1 aromatic heterocycles. The molecule has 0 saturated carbocycles. The fourth-order valence-corrected chi connectivity index (χ4v) is 3.64. The molecule has 7 nitrogen and oxygen atoms in total. The minimum absolute atomic E-state index is 0.0702. The quantitative estimate of drug-likeness (QED) is 0.530. The third-order valence-electron chi connectivity index (χ3n) is 5.34. The Morgan fingerprint density at radius 2 is 2.03 bits per heavy atom. The molecule has 0 radical (unpaired) electrons. The molecule has 1 aliphatic rings. The van der Waals surface area contributed by atoms with Gasteiger partial charge < -0.3 is 14.2 Å². The van der Waals surface area contributed by atoms with E-state index >= 15 is 0 Å². The molecule has 2 unspecified atom stereocenters. The van der Waals surface area contributed by atoms with Crippen LogP contribution < -0.4 is 10.3 Å². The van der Waals surface area contributed by atoms with Gasteiger partial charge in [0.05, 0.1) is 19.3 Å². The maximum atomic E-state index is 12.6. The maximum absolute atomic E-state index is 12.6. The van der Waals surface area contributed by atoms with E-state index in [-0.39, 0.29) is 17.4 Å². The molecule has 0 saturated heterocycles. The number of ether oxygens (including phenoxy) is 3. The van der Waals surface area contributed by atoms with E-state index in [0.717, 1.165) is 17.7 Å². The topological polar surface area (TPSA) is 79.7 Å². The number of carbonyl (C=O) groups is 1. The summed E-state index contributed by atoms with van der Waals surface area (Å²) in [6.07, 6.45) is 8.81. The molecule has 0 aliphatic heterocycles. The standard InChI is InChI=1S/C25H30N2O5/c1-4-31-23(25(29)30-3)16-19-10-12-21(13-11-19)32-15-14-27-18(2)26-22(17-24(27)28)20-8-6-5-7-9-20/h5-8,10-13,17,20,23H,4,9,14-16H2,1-3H3. The van der Waals surface area contributed by atoms with Crippen LogP contribution in [0.15, 0.2) is 59.4 Å². The van der Waals surface area contributed by atoms with Crippen LogP contribution >= 0.6 is 0 Å². The van der Waals surface area contributed by atoms with Crippen LogP contribution in [0.25, 0.3) is 0 Å². The number of hydrogen-bond acceptors (Lipinski definition) is 6. The largest absolute Gasteiger partial charge is 0.492 e. The van der Waals surface area contributed by atoms with Crippen LogP contribution in [0.2, 0.25) is 0 Å². The van der Waals surface area contributed by atoms with Crippen molar-refractivity contribution >= 4 is 5.97 Å². The average Bonchev–Trinajstić information content (AvgIpc) is 2.81. The Balaban J connectivity index is 1.56. The molecule has 0 amide bonds. The number of methoxy groups -OCH3 is 1. The molecule has 0 bridgehead atoms. The highest BCUT2D eigenvalue weighted by Gasteiger charge is 2.19. The summed E-state index contributed by atoms with van der Waals surface area (Å²) in [6.45, 7) is 4.88. The summed E-state index contributed by atoms with van der Waals surface area (Å²) >= 11 is 0. The molecule has 1 heterocycles. The number of esters is 1. The summed E-state index contributed by atoms with van der Waals surface area (Å²) in [6, 6.07) is 9.09. The fraction of sp³-hybridized carbons (Fsp3) is 0.400. The Bertz CT molecular complexity index is 1020. The lowest BCUT2D eigenvalue weighted by atomic mass is 9.97. The molecule has 1 aromatic carbocycles. The second-order valence-electron chi connectivity index (χ2n) is 7.54. The summed E-state index contributed by atoms with van der Waals surface area (Å²) in [4.78, 5) is 29.0. The van der Waals surface area contributed by atoms with Crippen LogP contribution in [0.1, 0.15) is 36.3 Å². The van der Waals surface area contributed by atoms with Gasteiger partial charge in [0.2, 0.25) is 0 Å². The molecule has 1 aliphatic carbocycles. The summed E-state index contributed by atoms with van der Waals surface area (Å²) < 4.78 is 17.7. The number of benzene rings is 1. The third kappa shape index (κ3) is 6.17. The van der Waals surface area contributed by atoms with E-state index in [0.29, 0.717) is 37.8 Å². The number of rotatable bonds is 10. The molecule has 0 fully saturated rings. The van der Waals surface area contributed by atoms with Crippen LogP contribution in [0, 0.1) is 6.92 Å². The van der Waals surface area contributed by atoms with Gasteiger partial charge in [-0.2, -0.15) is 0 Å². The van der Waals surface area contributed by atoms with E-state index in [9.17, 15) is 9.59 Å². The lowest BCUT2D eigenvalue weighted by molar-refractivity contribution is -0.153. The highest BCUT2D eigenvalue weighted by Crippen LogP contribution is 2.22. The van der Waals surface area contributed by atoms with Gasteiger partial charge in [-0.3, -0.25) is 9.36 Å². The molecule has 170 valence electrons. The molecule has 7 heteroatoms.